The Morgan fingerprint density at radius 1 is 0.352 bits per heavy atom. The third kappa shape index (κ3) is 20.9. The molecular weight excluding hydrogens is 1070 g/mol. The molecule has 2 aliphatic heterocycles. The molecule has 8 saturated carbocycles. The number of rotatable bonds is 27. The normalized spacial score (nSPS) is 41.9. The van der Waals surface area contributed by atoms with Gasteiger partial charge in [-0.3, -0.25) is 0 Å². The Balaban J connectivity index is 0.780. The predicted octanol–water partition coefficient (Wildman–Crippen LogP) is 22.9. The maximum atomic E-state index is 6.78. The molecule has 88 heavy (non-hydrogen) atoms. The van der Waals surface area contributed by atoms with Crippen LogP contribution in [-0.2, 0) is 9.47 Å². The molecule has 16 unspecified atom stereocenters. The first kappa shape index (κ1) is 69.6. The minimum atomic E-state index is 0.466. The van der Waals surface area contributed by atoms with E-state index in [4.69, 9.17) is 9.47 Å². The van der Waals surface area contributed by atoms with Gasteiger partial charge in [0.05, 0.1) is 12.2 Å². The Bertz CT molecular complexity index is 2000. The highest BCUT2D eigenvalue weighted by atomic mass is 16.5. The Kier molecular flexibility index (Phi) is 29.4. The number of ether oxygens (including phenoxy) is 2. The molecule has 0 aromatic heterocycles. The molecule has 0 radical (unpaired) electrons. The van der Waals surface area contributed by atoms with Crippen molar-refractivity contribution in [2.75, 3.05) is 26.3 Å². The minimum absolute atomic E-state index is 0.466. The minimum Gasteiger partial charge on any atom is -0.378 e. The first-order chi connectivity index (χ1) is 43.2. The molecule has 0 aromatic carbocycles. The van der Waals surface area contributed by atoms with Gasteiger partial charge in [0, 0.05) is 25.3 Å². The number of nitrogens with one attached hydrogen (secondary N) is 2. The molecule has 2 N–H and O–H groups in total. The van der Waals surface area contributed by atoms with Crippen molar-refractivity contribution >= 4 is 0 Å². The van der Waals surface area contributed by atoms with E-state index in [1.807, 2.05) is 0 Å². The Morgan fingerprint density at radius 3 is 1.12 bits per heavy atom. The number of piperidine rings is 2. The Labute approximate surface area is 546 Å². The lowest BCUT2D eigenvalue weighted by molar-refractivity contribution is -0.00280. The molecule has 8 aliphatic carbocycles. The zero-order chi connectivity index (χ0) is 60.9. The molecule has 4 nitrogen and oxygen atoms in total. The van der Waals surface area contributed by atoms with Crippen LogP contribution in [0.1, 0.15) is 311 Å². The second-order valence-corrected chi connectivity index (χ2v) is 33.9. The monoisotopic (exact) mass is 1210 g/mol. The van der Waals surface area contributed by atoms with Crippen LogP contribution in [0.3, 0.4) is 0 Å². The predicted molar refractivity (Wildman–Crippen MR) is 377 cm³/mol. The van der Waals surface area contributed by atoms with Gasteiger partial charge in [-0.1, -0.05) is 167 Å². The van der Waals surface area contributed by atoms with Crippen LogP contribution in [0.4, 0.5) is 0 Å². The summed E-state index contributed by atoms with van der Waals surface area (Å²) in [5.74, 6) is 16.9. The van der Waals surface area contributed by atoms with Crippen LogP contribution in [0.5, 0.6) is 0 Å². The van der Waals surface area contributed by atoms with E-state index in [0.717, 1.165) is 120 Å². The molecule has 0 aromatic rings. The van der Waals surface area contributed by atoms with Crippen LogP contribution in [0.25, 0.3) is 0 Å². The van der Waals surface area contributed by atoms with Crippen LogP contribution >= 0.6 is 0 Å². The lowest BCUT2D eigenvalue weighted by Gasteiger charge is -2.49. The first-order valence-corrected chi connectivity index (χ1v) is 40.6. The molecule has 0 bridgehead atoms. The summed E-state index contributed by atoms with van der Waals surface area (Å²) in [5, 5.41) is 7.89. The largest absolute Gasteiger partial charge is 0.378 e. The fraction of sp³-hybridized carbons (Fsp3) is 0.905. The van der Waals surface area contributed by atoms with Crippen LogP contribution in [-0.4, -0.2) is 50.6 Å². The molecule has 16 atom stereocenters. The molecule has 502 valence electrons. The van der Waals surface area contributed by atoms with Crippen LogP contribution in [0.15, 0.2) is 48.6 Å². The summed E-state index contributed by atoms with van der Waals surface area (Å²) < 4.78 is 13.5. The molecule has 0 spiro atoms. The average molecular weight is 1210 g/mol. The summed E-state index contributed by atoms with van der Waals surface area (Å²) in [4.78, 5) is 0. The van der Waals surface area contributed by atoms with E-state index in [1.54, 1.807) is 0 Å². The van der Waals surface area contributed by atoms with E-state index in [1.165, 1.54) is 283 Å². The second kappa shape index (κ2) is 37.2. The van der Waals surface area contributed by atoms with Crippen molar-refractivity contribution in [2.24, 2.45) is 118 Å². The first-order valence-electron chi connectivity index (χ1n) is 40.6. The zero-order valence-electron chi connectivity index (χ0n) is 58.8. The fourth-order valence-electron chi connectivity index (χ4n) is 21.9. The second-order valence-electron chi connectivity index (χ2n) is 33.9. The number of allylic oxidation sites excluding steroid dienone is 6. The third-order valence-corrected chi connectivity index (χ3v) is 28.0. The van der Waals surface area contributed by atoms with Gasteiger partial charge in [-0.05, 0) is 324 Å². The standard InChI is InChI=1S/C84H144N2O2/c1-7-11-19-63(9-3)59-87-80-25-17-21-65(54-80)29-33-74-56-82(75(53-62(74)6)34-30-66-22-18-26-81(55-66)88-60-64(10-4)20-12-8-2)71-41-37-69(38-42-71)70-39-45-73(46-40-70)84-58-76(47-49-78-23-13-15-51-85-78)83(57-77(84)48-50-79-24-14-16-52-86-79)72-43-35-68(36-44-72)67-31-27-61(5)28-32-67/h29-30,33-34,47-50,61-86H,7-28,31-32,35-46,51-60H2,1-6H3/b33-29+,34-30+,49-47+,50-48+. The van der Waals surface area contributed by atoms with E-state index in [-0.39, 0.29) is 0 Å². The molecule has 0 amide bonds. The van der Waals surface area contributed by atoms with Crippen LogP contribution in [0.2, 0.25) is 0 Å². The maximum absolute atomic E-state index is 6.78. The van der Waals surface area contributed by atoms with Crippen LogP contribution in [0, 0.1) is 118 Å². The van der Waals surface area contributed by atoms with Crippen molar-refractivity contribution in [2.45, 2.75) is 336 Å². The Hall–Kier alpha value is -1.20. The van der Waals surface area contributed by atoms with E-state index in [0.29, 0.717) is 36.1 Å². The third-order valence-electron chi connectivity index (χ3n) is 28.0. The highest BCUT2D eigenvalue weighted by Crippen LogP contribution is 2.55. The molecule has 10 rings (SSSR count). The summed E-state index contributed by atoms with van der Waals surface area (Å²) in [6, 6.07) is 1.21. The van der Waals surface area contributed by atoms with Gasteiger partial charge in [0.1, 0.15) is 0 Å². The Morgan fingerprint density at radius 2 is 0.727 bits per heavy atom. The van der Waals surface area contributed by atoms with E-state index in [9.17, 15) is 0 Å². The van der Waals surface area contributed by atoms with Gasteiger partial charge in [-0.15, -0.1) is 0 Å². The fourth-order valence-corrected chi connectivity index (χ4v) is 21.9. The smallest absolute Gasteiger partial charge is 0.0580 e. The summed E-state index contributed by atoms with van der Waals surface area (Å²) in [7, 11) is 0. The van der Waals surface area contributed by atoms with E-state index in [2.05, 4.69) is 101 Å². The summed E-state index contributed by atoms with van der Waals surface area (Å²) in [6.45, 7) is 19.0. The topological polar surface area (TPSA) is 42.5 Å². The number of unbranched alkanes of at least 4 members (excludes halogenated alkanes) is 2. The maximum Gasteiger partial charge on any atom is 0.0580 e. The highest BCUT2D eigenvalue weighted by Gasteiger charge is 2.46. The quantitative estimate of drug-likeness (QED) is 0.0805. The molecule has 2 heterocycles. The van der Waals surface area contributed by atoms with E-state index >= 15 is 0 Å². The van der Waals surface area contributed by atoms with Gasteiger partial charge in [0.25, 0.3) is 0 Å². The SMILES string of the molecule is CCCCC(CC)COC1CCCC(/C=C/C2CC(C3CCC(C4CCC(C5CC(/C=C/C6CCCCN6)C(C6CCC(C7CCC(C)CC7)CC6)CC5/C=C/C5CCCCN5)CC4)CC3)C(/C=C/C3CCCC(OCC(CC)CCCC)C3)CC2C)C1. The van der Waals surface area contributed by atoms with Crippen LogP contribution < -0.4 is 10.6 Å². The van der Waals surface area contributed by atoms with Gasteiger partial charge >= 0.3 is 0 Å². The molecular formula is C84H144N2O2. The van der Waals surface area contributed by atoms with E-state index < -0.39 is 0 Å². The van der Waals surface area contributed by atoms with Crippen molar-refractivity contribution < 1.29 is 9.47 Å². The van der Waals surface area contributed by atoms with Gasteiger partial charge in [-0.2, -0.15) is 0 Å². The summed E-state index contributed by atoms with van der Waals surface area (Å²) in [5.41, 5.74) is 0. The van der Waals surface area contributed by atoms with Gasteiger partial charge in [0.15, 0.2) is 0 Å². The van der Waals surface area contributed by atoms with Gasteiger partial charge < -0.3 is 20.1 Å². The number of hydrogen-bond acceptors (Lipinski definition) is 4. The molecule has 10 aliphatic rings. The summed E-state index contributed by atoms with van der Waals surface area (Å²) >= 11 is 0. The zero-order valence-corrected chi connectivity index (χ0v) is 58.8. The van der Waals surface area contributed by atoms with Crippen molar-refractivity contribution in [3.63, 3.8) is 0 Å². The van der Waals surface area contributed by atoms with Crippen molar-refractivity contribution in [1.29, 1.82) is 0 Å². The van der Waals surface area contributed by atoms with Crippen molar-refractivity contribution in [3.8, 4) is 0 Å². The van der Waals surface area contributed by atoms with Crippen molar-refractivity contribution in [3.05, 3.63) is 48.6 Å². The average Bonchev–Trinajstić information content (AvgIpc) is 2.31. The lowest BCUT2D eigenvalue weighted by Crippen LogP contribution is -2.41. The molecule has 2 saturated heterocycles. The highest BCUT2D eigenvalue weighted by molar-refractivity contribution is 5.11. The molecule has 4 heteroatoms. The van der Waals surface area contributed by atoms with Gasteiger partial charge in [0.2, 0.25) is 0 Å². The van der Waals surface area contributed by atoms with Gasteiger partial charge in [-0.25, -0.2) is 0 Å². The molecule has 10 fully saturated rings. The summed E-state index contributed by atoms with van der Waals surface area (Å²) in [6.07, 6.45) is 82.4. The lowest BCUT2D eigenvalue weighted by atomic mass is 9.56. The van der Waals surface area contributed by atoms with Crippen molar-refractivity contribution in [1.82, 2.24) is 10.6 Å². The number of hydrogen-bond donors (Lipinski definition) is 2.